The average Bonchev–Trinajstić information content (AvgIpc) is 2.39. The van der Waals surface area contributed by atoms with E-state index in [1.807, 2.05) is 30.3 Å². The fraction of sp³-hybridized carbons (Fsp3) is 0.462. The molecule has 0 radical (unpaired) electrons. The van der Waals surface area contributed by atoms with Gasteiger partial charge in [-0.1, -0.05) is 30.3 Å². The smallest absolute Gasteiger partial charge is 0.326 e. The van der Waals surface area contributed by atoms with Crippen LogP contribution >= 0.6 is 0 Å². The van der Waals surface area contributed by atoms with Gasteiger partial charge in [-0.05, 0) is 5.56 Å². The summed E-state index contributed by atoms with van der Waals surface area (Å²) in [4.78, 5) is 11.2. The van der Waals surface area contributed by atoms with Crippen LogP contribution in [0.5, 0.6) is 0 Å². The van der Waals surface area contributed by atoms with E-state index in [0.717, 1.165) is 5.56 Å². The Hall–Kier alpha value is -1.43. The molecule has 0 amide bonds. The predicted molar refractivity (Wildman–Crippen MR) is 65.0 cm³/mol. The lowest BCUT2D eigenvalue weighted by Gasteiger charge is -2.37. The topological polar surface area (TPSA) is 81.8 Å². The molecule has 0 saturated carbocycles. The highest BCUT2D eigenvalue weighted by Gasteiger charge is 2.45. The zero-order valence-electron chi connectivity index (χ0n) is 10.0. The molecule has 1 aromatic rings. The van der Waals surface area contributed by atoms with Crippen molar-refractivity contribution >= 4 is 5.97 Å². The van der Waals surface area contributed by atoms with Gasteiger partial charge in [-0.25, -0.2) is 0 Å². The molecule has 3 N–H and O–H groups in total. The lowest BCUT2D eigenvalue weighted by molar-refractivity contribution is -0.162. The van der Waals surface area contributed by atoms with Crippen LogP contribution in [0.15, 0.2) is 30.3 Å². The Bertz CT molecular complexity index is 409. The zero-order chi connectivity index (χ0) is 13.0. The van der Waals surface area contributed by atoms with E-state index in [1.54, 1.807) is 0 Å². The molecular weight excluding hydrogens is 234 g/mol. The molecular formula is C13H17NO4. The molecule has 1 fully saturated rings. The standard InChI is InChI=1S/C13H17NO4/c14-13(12(15)16)6-7-17-9-11(13)18-8-10-4-2-1-3-5-10/h1-5,11H,6-9,14H2,(H,15,16)/t11-,13+/m0/s1. The van der Waals surface area contributed by atoms with E-state index in [-0.39, 0.29) is 13.0 Å². The summed E-state index contributed by atoms with van der Waals surface area (Å²) in [6.07, 6.45) is -0.356. The van der Waals surface area contributed by atoms with Crippen molar-refractivity contribution in [1.82, 2.24) is 0 Å². The number of aliphatic carboxylic acids is 1. The molecule has 2 atom stereocenters. The van der Waals surface area contributed by atoms with E-state index in [2.05, 4.69) is 0 Å². The molecule has 0 bridgehead atoms. The van der Waals surface area contributed by atoms with Crippen molar-refractivity contribution < 1.29 is 19.4 Å². The molecule has 98 valence electrons. The summed E-state index contributed by atoms with van der Waals surface area (Å²) in [7, 11) is 0. The molecule has 5 nitrogen and oxygen atoms in total. The largest absolute Gasteiger partial charge is 0.480 e. The number of carboxylic acids is 1. The first-order chi connectivity index (χ1) is 8.63. The van der Waals surface area contributed by atoms with Crippen LogP contribution in [-0.4, -0.2) is 35.9 Å². The monoisotopic (exact) mass is 251 g/mol. The number of carbonyl (C=O) groups is 1. The molecule has 1 aliphatic rings. The van der Waals surface area contributed by atoms with Gasteiger partial charge < -0.3 is 20.3 Å². The maximum Gasteiger partial charge on any atom is 0.326 e. The molecule has 1 heterocycles. The first kappa shape index (κ1) is 13.0. The molecule has 0 aromatic heterocycles. The molecule has 0 spiro atoms. The van der Waals surface area contributed by atoms with Gasteiger partial charge in [0.2, 0.25) is 0 Å². The normalized spacial score (nSPS) is 27.9. The van der Waals surface area contributed by atoms with Gasteiger partial charge in [-0.2, -0.15) is 0 Å². The minimum absolute atomic E-state index is 0.218. The fourth-order valence-electron chi connectivity index (χ4n) is 1.95. The Morgan fingerprint density at radius 3 is 2.89 bits per heavy atom. The van der Waals surface area contributed by atoms with Crippen molar-refractivity contribution in [2.24, 2.45) is 5.73 Å². The number of ether oxygens (including phenoxy) is 2. The van der Waals surface area contributed by atoms with Gasteiger partial charge in [0.15, 0.2) is 0 Å². The van der Waals surface area contributed by atoms with Crippen LogP contribution in [0.2, 0.25) is 0 Å². The van der Waals surface area contributed by atoms with Crippen LogP contribution < -0.4 is 5.73 Å². The SMILES string of the molecule is N[C@]1(C(=O)O)CCOC[C@@H]1OCc1ccccc1. The maximum atomic E-state index is 11.2. The van der Waals surface area contributed by atoms with Gasteiger partial charge in [-0.15, -0.1) is 0 Å². The summed E-state index contributed by atoms with van der Waals surface area (Å²) in [5.41, 5.74) is 5.53. The van der Waals surface area contributed by atoms with Crippen molar-refractivity contribution in [3.05, 3.63) is 35.9 Å². The number of nitrogens with two attached hydrogens (primary N) is 1. The molecule has 2 rings (SSSR count). The Morgan fingerprint density at radius 1 is 1.50 bits per heavy atom. The number of hydrogen-bond acceptors (Lipinski definition) is 4. The maximum absolute atomic E-state index is 11.2. The number of benzene rings is 1. The molecule has 18 heavy (non-hydrogen) atoms. The second-order valence-electron chi connectivity index (χ2n) is 4.46. The summed E-state index contributed by atoms with van der Waals surface area (Å²) >= 11 is 0. The highest BCUT2D eigenvalue weighted by Crippen LogP contribution is 2.22. The molecule has 0 unspecified atom stereocenters. The van der Waals surface area contributed by atoms with Crippen molar-refractivity contribution in [2.45, 2.75) is 24.7 Å². The third-order valence-electron chi connectivity index (χ3n) is 3.20. The minimum atomic E-state index is -1.35. The van der Waals surface area contributed by atoms with Gasteiger partial charge in [0.25, 0.3) is 0 Å². The number of carboxylic acid groups (broad SMARTS) is 1. The van der Waals surface area contributed by atoms with E-state index in [4.69, 9.17) is 15.2 Å². The second-order valence-corrected chi connectivity index (χ2v) is 4.46. The number of hydrogen-bond donors (Lipinski definition) is 2. The molecule has 1 aromatic carbocycles. The summed E-state index contributed by atoms with van der Waals surface area (Å²) < 4.78 is 10.9. The summed E-state index contributed by atoms with van der Waals surface area (Å²) in [6.45, 7) is 0.907. The van der Waals surface area contributed by atoms with Crippen LogP contribution in [0, 0.1) is 0 Å². The Balaban J connectivity index is 2.00. The van der Waals surface area contributed by atoms with E-state index in [0.29, 0.717) is 13.2 Å². The lowest BCUT2D eigenvalue weighted by atomic mass is 9.88. The van der Waals surface area contributed by atoms with Crippen LogP contribution in [0.4, 0.5) is 0 Å². The van der Waals surface area contributed by atoms with Crippen molar-refractivity contribution in [1.29, 1.82) is 0 Å². The summed E-state index contributed by atoms with van der Waals surface area (Å²) in [6, 6.07) is 9.56. The highest BCUT2D eigenvalue weighted by atomic mass is 16.5. The highest BCUT2D eigenvalue weighted by molar-refractivity contribution is 5.79. The molecule has 0 aliphatic carbocycles. The van der Waals surface area contributed by atoms with Crippen molar-refractivity contribution in [3.63, 3.8) is 0 Å². The van der Waals surface area contributed by atoms with E-state index in [1.165, 1.54) is 0 Å². The first-order valence-electron chi connectivity index (χ1n) is 5.88. The lowest BCUT2D eigenvalue weighted by Crippen LogP contribution is -2.62. The van der Waals surface area contributed by atoms with Gasteiger partial charge in [0.1, 0.15) is 11.6 Å². The predicted octanol–water partition coefficient (Wildman–Crippen LogP) is 0.774. The molecule has 5 heteroatoms. The van der Waals surface area contributed by atoms with Crippen LogP contribution in [0.25, 0.3) is 0 Å². The zero-order valence-corrected chi connectivity index (χ0v) is 10.0. The third kappa shape index (κ3) is 2.69. The van der Waals surface area contributed by atoms with Crippen molar-refractivity contribution in [2.75, 3.05) is 13.2 Å². The first-order valence-corrected chi connectivity index (χ1v) is 5.88. The van der Waals surface area contributed by atoms with Gasteiger partial charge in [-0.3, -0.25) is 4.79 Å². The van der Waals surface area contributed by atoms with E-state index in [9.17, 15) is 9.90 Å². The van der Waals surface area contributed by atoms with E-state index >= 15 is 0 Å². The summed E-state index contributed by atoms with van der Waals surface area (Å²) in [5.74, 6) is -1.04. The number of rotatable bonds is 4. The van der Waals surface area contributed by atoms with Crippen LogP contribution in [-0.2, 0) is 20.9 Å². The molecule has 1 aliphatic heterocycles. The van der Waals surface area contributed by atoms with Crippen LogP contribution in [0.3, 0.4) is 0 Å². The quantitative estimate of drug-likeness (QED) is 0.826. The van der Waals surface area contributed by atoms with Crippen molar-refractivity contribution in [3.8, 4) is 0 Å². The Labute approximate surface area is 106 Å². The fourth-order valence-corrected chi connectivity index (χ4v) is 1.95. The molecule has 1 saturated heterocycles. The van der Waals surface area contributed by atoms with Gasteiger partial charge in [0, 0.05) is 13.0 Å². The van der Waals surface area contributed by atoms with Crippen LogP contribution in [0.1, 0.15) is 12.0 Å². The van der Waals surface area contributed by atoms with E-state index < -0.39 is 17.6 Å². The summed E-state index contributed by atoms with van der Waals surface area (Å²) in [5, 5.41) is 9.20. The van der Waals surface area contributed by atoms with Gasteiger partial charge in [0.05, 0.1) is 13.2 Å². The second kappa shape index (κ2) is 5.48. The Morgan fingerprint density at radius 2 is 2.22 bits per heavy atom. The minimum Gasteiger partial charge on any atom is -0.480 e. The third-order valence-corrected chi connectivity index (χ3v) is 3.20. The van der Waals surface area contributed by atoms with Gasteiger partial charge >= 0.3 is 5.97 Å². The Kier molecular flexibility index (Phi) is 3.96. The average molecular weight is 251 g/mol.